The highest BCUT2D eigenvalue weighted by molar-refractivity contribution is 7.89. The second-order valence-electron chi connectivity index (χ2n) is 5.69. The van der Waals surface area contributed by atoms with Crippen molar-refractivity contribution < 1.29 is 13.5 Å². The van der Waals surface area contributed by atoms with Crippen LogP contribution in [0.2, 0.25) is 0 Å². The third kappa shape index (κ3) is 2.42. The van der Waals surface area contributed by atoms with Crippen molar-refractivity contribution in [1.29, 1.82) is 0 Å². The van der Waals surface area contributed by atoms with E-state index in [0.29, 0.717) is 22.6 Å². The van der Waals surface area contributed by atoms with Crippen molar-refractivity contribution in [2.45, 2.75) is 50.7 Å². The molecule has 0 amide bonds. The Bertz CT molecular complexity index is 578. The number of benzene rings is 1. The topological polar surface area (TPSA) is 57.6 Å². The Morgan fingerprint density at radius 2 is 2.05 bits per heavy atom. The number of rotatable bonds is 3. The monoisotopic (exact) mass is 283 g/mol. The van der Waals surface area contributed by atoms with Crippen LogP contribution in [0.4, 0.5) is 0 Å². The average molecular weight is 283 g/mol. The third-order valence-electron chi connectivity index (χ3n) is 3.96. The molecule has 0 radical (unpaired) electrons. The molecule has 4 nitrogen and oxygen atoms in total. The molecule has 2 rings (SSSR count). The van der Waals surface area contributed by atoms with Crippen molar-refractivity contribution in [3.05, 3.63) is 29.3 Å². The summed E-state index contributed by atoms with van der Waals surface area (Å²) in [5, 5.41) is 9.27. The van der Waals surface area contributed by atoms with Crippen LogP contribution in [-0.4, -0.2) is 29.9 Å². The molecule has 1 heterocycles. The summed E-state index contributed by atoms with van der Waals surface area (Å²) in [5.41, 5.74) is 0.978. The van der Waals surface area contributed by atoms with Crippen LogP contribution in [0.25, 0.3) is 0 Å². The van der Waals surface area contributed by atoms with Crippen LogP contribution < -0.4 is 0 Å². The van der Waals surface area contributed by atoms with E-state index in [1.54, 1.807) is 29.4 Å². The molecular weight excluding hydrogens is 262 g/mol. The van der Waals surface area contributed by atoms with E-state index in [-0.39, 0.29) is 12.1 Å². The van der Waals surface area contributed by atoms with Gasteiger partial charge in [-0.3, -0.25) is 0 Å². The zero-order valence-electron chi connectivity index (χ0n) is 11.7. The van der Waals surface area contributed by atoms with E-state index in [4.69, 9.17) is 0 Å². The summed E-state index contributed by atoms with van der Waals surface area (Å²) >= 11 is 0. The minimum Gasteiger partial charge on any atom is -0.392 e. The highest BCUT2D eigenvalue weighted by Crippen LogP contribution is 2.35. The van der Waals surface area contributed by atoms with Gasteiger partial charge in [0.1, 0.15) is 0 Å². The van der Waals surface area contributed by atoms with Gasteiger partial charge in [-0.25, -0.2) is 8.42 Å². The van der Waals surface area contributed by atoms with Crippen molar-refractivity contribution in [3.63, 3.8) is 0 Å². The zero-order valence-corrected chi connectivity index (χ0v) is 12.5. The molecule has 0 saturated carbocycles. The molecule has 1 aliphatic rings. The number of hydrogen-bond donors (Lipinski definition) is 1. The minimum atomic E-state index is -3.49. The highest BCUT2D eigenvalue weighted by Gasteiger charge is 2.41. The zero-order chi connectivity index (χ0) is 14.3. The van der Waals surface area contributed by atoms with Crippen molar-refractivity contribution in [2.75, 3.05) is 6.54 Å². The molecule has 0 unspecified atom stereocenters. The maximum Gasteiger partial charge on any atom is 0.243 e. The van der Waals surface area contributed by atoms with Crippen LogP contribution in [0.5, 0.6) is 0 Å². The van der Waals surface area contributed by atoms with Crippen molar-refractivity contribution in [2.24, 2.45) is 0 Å². The molecule has 0 bridgehead atoms. The number of aliphatic hydroxyl groups is 1. The molecule has 1 N–H and O–H groups in total. The number of nitrogens with zero attached hydrogens (tertiary/aromatic N) is 1. The lowest BCUT2D eigenvalue weighted by Gasteiger charge is -2.31. The predicted octanol–water partition coefficient (Wildman–Crippen LogP) is 2.05. The summed E-state index contributed by atoms with van der Waals surface area (Å²) in [4.78, 5) is 0.314. The summed E-state index contributed by atoms with van der Waals surface area (Å²) in [6.07, 6.45) is 1.77. The lowest BCUT2D eigenvalue weighted by Crippen LogP contribution is -2.42. The Morgan fingerprint density at radius 1 is 1.37 bits per heavy atom. The lowest BCUT2D eigenvalue weighted by atomic mass is 10.0. The van der Waals surface area contributed by atoms with Crippen molar-refractivity contribution in [3.8, 4) is 0 Å². The molecule has 106 valence electrons. The van der Waals surface area contributed by atoms with Crippen LogP contribution >= 0.6 is 0 Å². The van der Waals surface area contributed by atoms with Gasteiger partial charge < -0.3 is 5.11 Å². The van der Waals surface area contributed by atoms with Gasteiger partial charge in [0.15, 0.2) is 0 Å². The number of sulfonamides is 1. The van der Waals surface area contributed by atoms with Crippen LogP contribution in [0.15, 0.2) is 23.1 Å². The van der Waals surface area contributed by atoms with Gasteiger partial charge in [0.05, 0.1) is 11.5 Å². The molecule has 1 fully saturated rings. The normalized spacial score (nSPS) is 19.8. The van der Waals surface area contributed by atoms with E-state index in [1.165, 1.54) is 0 Å². The summed E-state index contributed by atoms with van der Waals surface area (Å²) in [5.74, 6) is 0. The van der Waals surface area contributed by atoms with E-state index in [2.05, 4.69) is 0 Å². The SMILES string of the molecule is Cc1c(CO)cccc1S(=O)(=O)N1CCCC1(C)C. The van der Waals surface area contributed by atoms with Crippen LogP contribution in [0, 0.1) is 6.92 Å². The standard InChI is InChI=1S/C14H21NO3S/c1-11-12(10-16)6-4-7-13(11)19(17,18)15-9-5-8-14(15,2)3/h4,6-7,16H,5,8-10H2,1-3H3. The maximum atomic E-state index is 12.8. The van der Waals surface area contributed by atoms with Crippen LogP contribution in [-0.2, 0) is 16.6 Å². The molecule has 0 aromatic heterocycles. The molecule has 0 atom stereocenters. The first-order valence-electron chi connectivity index (χ1n) is 6.53. The average Bonchev–Trinajstić information content (AvgIpc) is 2.69. The van der Waals surface area contributed by atoms with Gasteiger partial charge in [0.25, 0.3) is 0 Å². The third-order valence-corrected chi connectivity index (χ3v) is 6.21. The molecule has 0 spiro atoms. The first kappa shape index (κ1) is 14.5. The molecular formula is C14H21NO3S. The minimum absolute atomic E-state index is 0.140. The van der Waals surface area contributed by atoms with Crippen LogP contribution in [0.1, 0.15) is 37.8 Å². The fourth-order valence-corrected chi connectivity index (χ4v) is 4.87. The van der Waals surface area contributed by atoms with E-state index >= 15 is 0 Å². The summed E-state index contributed by atoms with van der Waals surface area (Å²) in [6, 6.07) is 5.07. The van der Waals surface area contributed by atoms with Gasteiger partial charge >= 0.3 is 0 Å². The molecule has 5 heteroatoms. The van der Waals surface area contributed by atoms with E-state index in [0.717, 1.165) is 12.8 Å². The van der Waals surface area contributed by atoms with E-state index in [1.807, 2.05) is 13.8 Å². The van der Waals surface area contributed by atoms with Gasteiger partial charge in [-0.15, -0.1) is 0 Å². The van der Waals surface area contributed by atoms with Gasteiger partial charge in [0, 0.05) is 12.1 Å². The smallest absolute Gasteiger partial charge is 0.243 e. The Labute approximate surface area is 115 Å². The Morgan fingerprint density at radius 3 is 2.58 bits per heavy atom. The number of hydrogen-bond acceptors (Lipinski definition) is 3. The van der Waals surface area contributed by atoms with Crippen LogP contribution in [0.3, 0.4) is 0 Å². The predicted molar refractivity (Wildman–Crippen MR) is 74.3 cm³/mol. The fourth-order valence-electron chi connectivity index (χ4n) is 2.76. The molecule has 1 aromatic carbocycles. The van der Waals surface area contributed by atoms with E-state index < -0.39 is 10.0 Å². The first-order valence-corrected chi connectivity index (χ1v) is 7.97. The molecule has 19 heavy (non-hydrogen) atoms. The quantitative estimate of drug-likeness (QED) is 0.923. The Balaban J connectivity index is 2.52. The van der Waals surface area contributed by atoms with Gasteiger partial charge in [-0.05, 0) is 50.8 Å². The molecule has 1 aliphatic heterocycles. The Kier molecular flexibility index (Phi) is 3.73. The largest absolute Gasteiger partial charge is 0.392 e. The molecule has 1 saturated heterocycles. The fraction of sp³-hybridized carbons (Fsp3) is 0.571. The van der Waals surface area contributed by atoms with E-state index in [9.17, 15) is 13.5 Å². The van der Waals surface area contributed by atoms with Crippen molar-refractivity contribution in [1.82, 2.24) is 4.31 Å². The first-order chi connectivity index (χ1) is 8.80. The Hall–Kier alpha value is -0.910. The van der Waals surface area contributed by atoms with Gasteiger partial charge in [-0.1, -0.05) is 12.1 Å². The highest BCUT2D eigenvalue weighted by atomic mass is 32.2. The number of aliphatic hydroxyl groups excluding tert-OH is 1. The summed E-state index contributed by atoms with van der Waals surface area (Å²) in [7, 11) is -3.49. The molecule has 0 aliphatic carbocycles. The summed E-state index contributed by atoms with van der Waals surface area (Å²) < 4.78 is 27.2. The van der Waals surface area contributed by atoms with Gasteiger partial charge in [-0.2, -0.15) is 4.31 Å². The second-order valence-corrected chi connectivity index (χ2v) is 7.52. The van der Waals surface area contributed by atoms with Crippen molar-refractivity contribution >= 4 is 10.0 Å². The summed E-state index contributed by atoms with van der Waals surface area (Å²) in [6.45, 7) is 6.10. The lowest BCUT2D eigenvalue weighted by molar-refractivity contribution is 0.280. The van der Waals surface area contributed by atoms with Gasteiger partial charge in [0.2, 0.25) is 10.0 Å². The molecule has 1 aromatic rings. The second kappa shape index (κ2) is 4.89. The maximum absolute atomic E-state index is 12.8.